The van der Waals surface area contributed by atoms with Crippen molar-refractivity contribution >= 4 is 40.8 Å². The largest absolute Gasteiger partial charge is 0.333 e. The SMILES string of the molecule is C[C@H]1C(=O)N2[C@@H](CCCN3CC(F)(F)C(F)(F)C3)CC[C@H]2CN1C(=O)Nc1ccc(Cl)c(Cl)c1. The molecular formula is C22H26Cl2F4N4O2. The summed E-state index contributed by atoms with van der Waals surface area (Å²) in [5.74, 6) is -8.20. The van der Waals surface area contributed by atoms with E-state index >= 15 is 0 Å². The standard InChI is InChI=1S/C22H26Cl2F4N4O2/c1-13-19(33)32-15(3-2-8-30-11-21(25,26)22(27,28)12-30)5-6-16(32)10-31(13)20(34)29-14-4-7-17(23)18(24)9-14/h4,7,9,13,15-16H,2-3,5-6,8,10-12H2,1H3,(H,29,34)/t13-,15-,16-/m0/s1. The van der Waals surface area contributed by atoms with Crippen LogP contribution in [0.4, 0.5) is 28.0 Å². The van der Waals surface area contributed by atoms with Gasteiger partial charge in [-0.05, 0) is 57.4 Å². The van der Waals surface area contributed by atoms with Gasteiger partial charge in [0.15, 0.2) is 0 Å². The second-order valence-corrected chi connectivity index (χ2v) is 10.1. The fourth-order valence-corrected chi connectivity index (χ4v) is 5.40. The number of likely N-dealkylation sites (tertiary alicyclic amines) is 1. The van der Waals surface area contributed by atoms with Crippen molar-refractivity contribution < 1.29 is 27.2 Å². The van der Waals surface area contributed by atoms with Crippen LogP contribution in [0.5, 0.6) is 0 Å². The van der Waals surface area contributed by atoms with Gasteiger partial charge in [-0.2, -0.15) is 17.6 Å². The van der Waals surface area contributed by atoms with Gasteiger partial charge in [0, 0.05) is 24.3 Å². The molecule has 6 nitrogen and oxygen atoms in total. The summed E-state index contributed by atoms with van der Waals surface area (Å²) in [6.45, 7) is 0.256. The Bertz CT molecular complexity index is 951. The average molecular weight is 525 g/mol. The molecule has 1 aromatic carbocycles. The van der Waals surface area contributed by atoms with E-state index < -0.39 is 37.0 Å². The number of urea groups is 1. The molecule has 0 saturated carbocycles. The van der Waals surface area contributed by atoms with E-state index in [-0.39, 0.29) is 24.5 Å². The first kappa shape index (κ1) is 25.3. The minimum atomic E-state index is -4.01. The summed E-state index contributed by atoms with van der Waals surface area (Å²) in [5.41, 5.74) is 0.462. The third-order valence-electron chi connectivity index (χ3n) is 6.93. The zero-order valence-electron chi connectivity index (χ0n) is 18.5. The number of piperazine rings is 1. The Kier molecular flexibility index (Phi) is 6.96. The third kappa shape index (κ3) is 4.81. The van der Waals surface area contributed by atoms with Crippen molar-refractivity contribution in [3.63, 3.8) is 0 Å². The van der Waals surface area contributed by atoms with E-state index in [1.54, 1.807) is 24.0 Å². The Morgan fingerprint density at radius 2 is 1.79 bits per heavy atom. The number of hydrogen-bond acceptors (Lipinski definition) is 3. The number of nitrogens with zero attached hydrogens (tertiary/aromatic N) is 3. The van der Waals surface area contributed by atoms with Crippen LogP contribution in [0, 0.1) is 0 Å². The van der Waals surface area contributed by atoms with Crippen molar-refractivity contribution in [1.82, 2.24) is 14.7 Å². The van der Waals surface area contributed by atoms with E-state index in [0.29, 0.717) is 41.5 Å². The molecule has 3 aliphatic heterocycles. The lowest BCUT2D eigenvalue weighted by molar-refractivity contribution is -0.172. The molecule has 1 aromatic rings. The number of nitrogens with one attached hydrogen (secondary N) is 1. The van der Waals surface area contributed by atoms with Crippen molar-refractivity contribution in [2.75, 3.05) is 31.5 Å². The molecule has 3 aliphatic rings. The zero-order chi connectivity index (χ0) is 24.8. The van der Waals surface area contributed by atoms with E-state index in [0.717, 1.165) is 11.3 Å². The highest BCUT2D eigenvalue weighted by molar-refractivity contribution is 6.42. The first-order valence-corrected chi connectivity index (χ1v) is 12.0. The lowest BCUT2D eigenvalue weighted by Crippen LogP contribution is -2.62. The topological polar surface area (TPSA) is 55.9 Å². The summed E-state index contributed by atoms with van der Waals surface area (Å²) in [6.07, 6.45) is 2.40. The van der Waals surface area contributed by atoms with Gasteiger partial charge < -0.3 is 15.1 Å². The first-order chi connectivity index (χ1) is 15.9. The summed E-state index contributed by atoms with van der Waals surface area (Å²) < 4.78 is 53.6. The second kappa shape index (κ2) is 9.35. The normalized spacial score (nSPS) is 28.3. The number of fused-ring (bicyclic) bond motifs is 1. The van der Waals surface area contributed by atoms with Gasteiger partial charge in [-0.1, -0.05) is 23.2 Å². The van der Waals surface area contributed by atoms with E-state index in [9.17, 15) is 27.2 Å². The molecule has 0 aromatic heterocycles. The zero-order valence-corrected chi connectivity index (χ0v) is 20.1. The summed E-state index contributed by atoms with van der Waals surface area (Å²) >= 11 is 11.9. The van der Waals surface area contributed by atoms with Gasteiger partial charge in [0.2, 0.25) is 5.91 Å². The molecular weight excluding hydrogens is 499 g/mol. The molecule has 0 unspecified atom stereocenters. The van der Waals surface area contributed by atoms with Crippen LogP contribution in [0.1, 0.15) is 32.6 Å². The Balaban J connectivity index is 1.32. The molecule has 3 amide bonds. The van der Waals surface area contributed by atoms with Gasteiger partial charge >= 0.3 is 17.9 Å². The molecule has 0 radical (unpaired) electrons. The van der Waals surface area contributed by atoms with Crippen LogP contribution in [-0.2, 0) is 4.79 Å². The maximum Gasteiger partial charge on any atom is 0.323 e. The molecule has 0 aliphatic carbocycles. The van der Waals surface area contributed by atoms with Crippen LogP contribution in [0.15, 0.2) is 18.2 Å². The molecule has 0 spiro atoms. The Morgan fingerprint density at radius 1 is 1.12 bits per heavy atom. The summed E-state index contributed by atoms with van der Waals surface area (Å²) in [5, 5.41) is 3.41. The van der Waals surface area contributed by atoms with Gasteiger partial charge in [-0.25, -0.2) is 4.79 Å². The lowest BCUT2D eigenvalue weighted by Gasteiger charge is -2.43. The van der Waals surface area contributed by atoms with E-state index in [2.05, 4.69) is 5.32 Å². The van der Waals surface area contributed by atoms with E-state index in [4.69, 9.17) is 23.2 Å². The lowest BCUT2D eigenvalue weighted by atomic mass is 10.1. The number of carbonyl (C=O) groups is 2. The quantitative estimate of drug-likeness (QED) is 0.554. The van der Waals surface area contributed by atoms with Crippen LogP contribution < -0.4 is 5.32 Å². The number of benzene rings is 1. The highest BCUT2D eigenvalue weighted by atomic mass is 35.5. The van der Waals surface area contributed by atoms with Gasteiger partial charge in [0.1, 0.15) is 6.04 Å². The van der Waals surface area contributed by atoms with Gasteiger partial charge in [-0.15, -0.1) is 0 Å². The van der Waals surface area contributed by atoms with Crippen LogP contribution in [0.2, 0.25) is 10.0 Å². The third-order valence-corrected chi connectivity index (χ3v) is 7.67. The molecule has 3 atom stereocenters. The maximum atomic E-state index is 13.4. The van der Waals surface area contributed by atoms with Gasteiger partial charge in [0.05, 0.1) is 23.1 Å². The molecule has 1 N–H and O–H groups in total. The summed E-state index contributed by atoms with van der Waals surface area (Å²) in [7, 11) is 0. The molecule has 3 saturated heterocycles. The summed E-state index contributed by atoms with van der Waals surface area (Å²) in [4.78, 5) is 30.4. The second-order valence-electron chi connectivity index (χ2n) is 9.28. The highest BCUT2D eigenvalue weighted by Gasteiger charge is 2.62. The predicted molar refractivity (Wildman–Crippen MR) is 121 cm³/mol. The number of anilines is 1. The van der Waals surface area contributed by atoms with Crippen molar-refractivity contribution in [2.24, 2.45) is 0 Å². The van der Waals surface area contributed by atoms with Crippen LogP contribution in [0.25, 0.3) is 0 Å². The number of carbonyl (C=O) groups excluding carboxylic acids is 2. The Morgan fingerprint density at radius 3 is 2.44 bits per heavy atom. The maximum absolute atomic E-state index is 13.4. The fourth-order valence-electron chi connectivity index (χ4n) is 5.10. The molecule has 12 heteroatoms. The molecule has 4 rings (SSSR count). The van der Waals surface area contributed by atoms with E-state index in [1.807, 2.05) is 0 Å². The van der Waals surface area contributed by atoms with Crippen molar-refractivity contribution in [1.29, 1.82) is 0 Å². The summed E-state index contributed by atoms with van der Waals surface area (Å²) in [6, 6.07) is 3.37. The number of alkyl halides is 4. The van der Waals surface area contributed by atoms with E-state index in [1.165, 1.54) is 11.0 Å². The molecule has 3 heterocycles. The fraction of sp³-hybridized carbons (Fsp3) is 0.636. The first-order valence-electron chi connectivity index (χ1n) is 11.2. The minimum absolute atomic E-state index is 0.0937. The van der Waals surface area contributed by atoms with Crippen LogP contribution in [0.3, 0.4) is 0 Å². The molecule has 3 fully saturated rings. The van der Waals surface area contributed by atoms with Crippen LogP contribution >= 0.6 is 23.2 Å². The van der Waals surface area contributed by atoms with Crippen LogP contribution in [-0.4, -0.2) is 82.8 Å². The van der Waals surface area contributed by atoms with Crippen molar-refractivity contribution in [2.45, 2.75) is 62.6 Å². The van der Waals surface area contributed by atoms with Gasteiger partial charge in [0.25, 0.3) is 0 Å². The number of hydrogen-bond donors (Lipinski definition) is 1. The number of halogens is 6. The van der Waals surface area contributed by atoms with Gasteiger partial charge in [-0.3, -0.25) is 9.69 Å². The average Bonchev–Trinajstić information content (AvgIpc) is 3.24. The molecule has 0 bridgehead atoms. The van der Waals surface area contributed by atoms with Crippen molar-refractivity contribution in [3.05, 3.63) is 28.2 Å². The minimum Gasteiger partial charge on any atom is -0.333 e. The molecule has 188 valence electrons. The smallest absolute Gasteiger partial charge is 0.323 e. The number of amides is 3. The predicted octanol–water partition coefficient (Wildman–Crippen LogP) is 4.96. The number of rotatable bonds is 5. The molecule has 34 heavy (non-hydrogen) atoms. The van der Waals surface area contributed by atoms with Crippen molar-refractivity contribution in [3.8, 4) is 0 Å². The highest BCUT2D eigenvalue weighted by Crippen LogP contribution is 2.41. The monoisotopic (exact) mass is 524 g/mol. The Hall–Kier alpha value is -1.78. The Labute approximate surface area is 205 Å².